The first-order valence-electron chi connectivity index (χ1n) is 6.72. The summed E-state index contributed by atoms with van der Waals surface area (Å²) in [7, 11) is 0. The predicted octanol–water partition coefficient (Wildman–Crippen LogP) is 3.51. The third-order valence-electron chi connectivity index (χ3n) is 3.98. The van der Waals surface area contributed by atoms with Crippen LogP contribution in [0.1, 0.15) is 31.9 Å². The van der Waals surface area contributed by atoms with E-state index in [0.29, 0.717) is 11.2 Å². The van der Waals surface area contributed by atoms with Crippen molar-refractivity contribution < 1.29 is 0 Å². The zero-order chi connectivity index (χ0) is 14.3. The Morgan fingerprint density at radius 3 is 2.80 bits per heavy atom. The third kappa shape index (κ3) is 1.99. The van der Waals surface area contributed by atoms with Gasteiger partial charge in [0.15, 0.2) is 0 Å². The molecule has 5 heteroatoms. The Balaban J connectivity index is 2.23. The quantitative estimate of drug-likeness (QED) is 0.793. The summed E-state index contributed by atoms with van der Waals surface area (Å²) in [5.41, 5.74) is 1.85. The Kier molecular flexibility index (Phi) is 3.23. The molecule has 0 spiro atoms. The van der Waals surface area contributed by atoms with Gasteiger partial charge >= 0.3 is 0 Å². The molecule has 0 aromatic carbocycles. The van der Waals surface area contributed by atoms with Crippen LogP contribution in [0.5, 0.6) is 0 Å². The summed E-state index contributed by atoms with van der Waals surface area (Å²) in [5, 5.41) is 11.5. The van der Waals surface area contributed by atoms with E-state index >= 15 is 0 Å². The van der Waals surface area contributed by atoms with Crippen LogP contribution in [0, 0.1) is 11.3 Å². The van der Waals surface area contributed by atoms with Crippen molar-refractivity contribution in [3.63, 3.8) is 0 Å². The van der Waals surface area contributed by atoms with Crippen LogP contribution in [-0.2, 0) is 0 Å². The fourth-order valence-corrected chi connectivity index (χ4v) is 2.78. The molecule has 20 heavy (non-hydrogen) atoms. The Hall–Kier alpha value is -1.86. The van der Waals surface area contributed by atoms with Gasteiger partial charge in [-0.3, -0.25) is 4.98 Å². The van der Waals surface area contributed by atoms with E-state index in [9.17, 15) is 0 Å². The van der Waals surface area contributed by atoms with Crippen LogP contribution < -0.4 is 4.90 Å². The van der Waals surface area contributed by atoms with Gasteiger partial charge in [0.1, 0.15) is 5.15 Å². The second-order valence-electron chi connectivity index (χ2n) is 5.26. The van der Waals surface area contributed by atoms with E-state index in [-0.39, 0.29) is 5.92 Å². The largest absolute Gasteiger partial charge is 0.367 e. The number of aromatic nitrogens is 2. The maximum absolute atomic E-state index is 9.15. The maximum Gasteiger partial charge on any atom is 0.129 e. The second-order valence-corrected chi connectivity index (χ2v) is 5.65. The van der Waals surface area contributed by atoms with E-state index in [0.717, 1.165) is 28.7 Å². The summed E-state index contributed by atoms with van der Waals surface area (Å²) in [4.78, 5) is 11.0. The molecule has 2 atom stereocenters. The average molecular weight is 287 g/mol. The van der Waals surface area contributed by atoms with E-state index in [2.05, 4.69) is 27.9 Å². The minimum absolute atomic E-state index is 0.265. The molecule has 0 saturated carbocycles. The third-order valence-corrected chi connectivity index (χ3v) is 4.19. The first-order chi connectivity index (χ1) is 9.61. The molecule has 1 aliphatic heterocycles. The van der Waals surface area contributed by atoms with E-state index in [1.54, 1.807) is 12.3 Å². The van der Waals surface area contributed by atoms with Gasteiger partial charge in [-0.05, 0) is 26.3 Å². The van der Waals surface area contributed by atoms with Crippen LogP contribution in [0.4, 0.5) is 5.69 Å². The molecule has 2 aromatic heterocycles. The molecule has 102 valence electrons. The van der Waals surface area contributed by atoms with Gasteiger partial charge in [-0.2, -0.15) is 5.26 Å². The van der Waals surface area contributed by atoms with Crippen LogP contribution >= 0.6 is 11.6 Å². The van der Waals surface area contributed by atoms with E-state index in [4.69, 9.17) is 16.9 Å². The molecular formula is C15H15ClN4. The van der Waals surface area contributed by atoms with Crippen molar-refractivity contribution in [3.05, 3.63) is 29.3 Å². The lowest BCUT2D eigenvalue weighted by Gasteiger charge is -2.41. The number of halogens is 1. The van der Waals surface area contributed by atoms with Gasteiger partial charge in [0, 0.05) is 29.6 Å². The first-order valence-corrected chi connectivity index (χ1v) is 7.10. The minimum Gasteiger partial charge on any atom is -0.367 e. The van der Waals surface area contributed by atoms with Gasteiger partial charge in [-0.25, -0.2) is 4.98 Å². The van der Waals surface area contributed by atoms with Gasteiger partial charge in [0.25, 0.3) is 0 Å². The number of fused-ring (bicyclic) bond motifs is 1. The Morgan fingerprint density at radius 2 is 2.20 bits per heavy atom. The standard InChI is InChI=1S/C15H15ClN4/c1-9(6-17)15-11-5-14(16)18-7-12(11)13(8-19-15)20-4-3-10(20)2/h5,7-10H,3-4H2,1-2H3/t9?,10-/m1/s1. The highest BCUT2D eigenvalue weighted by atomic mass is 35.5. The van der Waals surface area contributed by atoms with Gasteiger partial charge in [0.2, 0.25) is 0 Å². The number of nitriles is 1. The Bertz CT molecular complexity index is 707. The topological polar surface area (TPSA) is 52.8 Å². The molecule has 1 fully saturated rings. The maximum atomic E-state index is 9.15. The Morgan fingerprint density at radius 1 is 1.40 bits per heavy atom. The zero-order valence-corrected chi connectivity index (χ0v) is 12.2. The predicted molar refractivity (Wildman–Crippen MR) is 80.0 cm³/mol. The van der Waals surface area contributed by atoms with Gasteiger partial charge in [0.05, 0.1) is 29.6 Å². The van der Waals surface area contributed by atoms with Crippen LogP contribution in [0.25, 0.3) is 10.8 Å². The minimum atomic E-state index is -0.265. The van der Waals surface area contributed by atoms with E-state index in [1.165, 1.54) is 6.42 Å². The van der Waals surface area contributed by atoms with Crippen molar-refractivity contribution in [2.75, 3.05) is 11.4 Å². The monoisotopic (exact) mass is 286 g/mol. The lowest BCUT2D eigenvalue weighted by atomic mass is 9.99. The number of hydrogen-bond acceptors (Lipinski definition) is 4. The van der Waals surface area contributed by atoms with Gasteiger partial charge in [-0.1, -0.05) is 11.6 Å². The molecule has 1 aliphatic rings. The fraction of sp³-hybridized carbons (Fsp3) is 0.400. The van der Waals surface area contributed by atoms with Crippen LogP contribution in [0.3, 0.4) is 0 Å². The van der Waals surface area contributed by atoms with Crippen LogP contribution in [0.2, 0.25) is 5.15 Å². The van der Waals surface area contributed by atoms with Gasteiger partial charge < -0.3 is 4.90 Å². The normalized spacial score (nSPS) is 19.5. The Labute approximate surface area is 123 Å². The van der Waals surface area contributed by atoms with Crippen LogP contribution in [-0.4, -0.2) is 22.6 Å². The number of rotatable bonds is 2. The molecule has 0 bridgehead atoms. The van der Waals surface area contributed by atoms with Crippen molar-refractivity contribution in [2.45, 2.75) is 32.2 Å². The SMILES string of the molecule is CC(C#N)c1ncc(N2CC[C@H]2C)c2cnc(Cl)cc12. The molecule has 3 heterocycles. The van der Waals surface area contributed by atoms with Crippen molar-refractivity contribution in [2.24, 2.45) is 0 Å². The lowest BCUT2D eigenvalue weighted by Crippen LogP contribution is -2.45. The van der Waals surface area contributed by atoms with Crippen molar-refractivity contribution in [3.8, 4) is 6.07 Å². The van der Waals surface area contributed by atoms with Crippen molar-refractivity contribution in [1.29, 1.82) is 5.26 Å². The molecule has 1 unspecified atom stereocenters. The number of nitrogens with zero attached hydrogens (tertiary/aromatic N) is 4. The fourth-order valence-electron chi connectivity index (χ4n) is 2.63. The highest BCUT2D eigenvalue weighted by molar-refractivity contribution is 6.30. The molecule has 0 aliphatic carbocycles. The second kappa shape index (κ2) is 4.92. The summed E-state index contributed by atoms with van der Waals surface area (Å²) in [6.07, 6.45) is 4.84. The molecule has 0 amide bonds. The molecule has 0 N–H and O–H groups in total. The molecule has 1 saturated heterocycles. The number of anilines is 1. The van der Waals surface area contributed by atoms with Crippen molar-refractivity contribution >= 4 is 28.1 Å². The molecule has 0 radical (unpaired) electrons. The van der Waals surface area contributed by atoms with E-state index in [1.807, 2.05) is 13.1 Å². The number of pyridine rings is 2. The average Bonchev–Trinajstić information content (AvgIpc) is 2.44. The zero-order valence-electron chi connectivity index (χ0n) is 11.5. The highest BCUT2D eigenvalue weighted by Gasteiger charge is 2.26. The van der Waals surface area contributed by atoms with Crippen molar-refractivity contribution in [1.82, 2.24) is 9.97 Å². The van der Waals surface area contributed by atoms with E-state index < -0.39 is 0 Å². The highest BCUT2D eigenvalue weighted by Crippen LogP contribution is 2.35. The van der Waals surface area contributed by atoms with Gasteiger partial charge in [-0.15, -0.1) is 0 Å². The smallest absolute Gasteiger partial charge is 0.129 e. The van der Waals surface area contributed by atoms with Crippen LogP contribution in [0.15, 0.2) is 18.5 Å². The first kappa shape index (κ1) is 13.1. The molecular weight excluding hydrogens is 272 g/mol. The summed E-state index contributed by atoms with van der Waals surface area (Å²) >= 11 is 6.01. The molecule has 2 aromatic rings. The molecule has 4 nitrogen and oxygen atoms in total. The summed E-state index contributed by atoms with van der Waals surface area (Å²) in [5.74, 6) is -0.265. The summed E-state index contributed by atoms with van der Waals surface area (Å²) < 4.78 is 0. The lowest BCUT2D eigenvalue weighted by molar-refractivity contribution is 0.482. The molecule has 3 rings (SSSR count). The number of hydrogen-bond donors (Lipinski definition) is 0. The summed E-state index contributed by atoms with van der Waals surface area (Å²) in [6, 6.07) is 4.57. The summed E-state index contributed by atoms with van der Waals surface area (Å²) in [6.45, 7) is 5.08.